The molecule has 126 valence electrons. The van der Waals surface area contributed by atoms with Crippen molar-refractivity contribution in [2.75, 3.05) is 13.7 Å². The summed E-state index contributed by atoms with van der Waals surface area (Å²) >= 11 is 0. The lowest BCUT2D eigenvalue weighted by atomic mass is 9.96. The van der Waals surface area contributed by atoms with Crippen LogP contribution in [-0.4, -0.2) is 34.4 Å². The molecule has 1 atom stereocenters. The lowest BCUT2D eigenvalue weighted by molar-refractivity contribution is 0.0513. The van der Waals surface area contributed by atoms with Crippen molar-refractivity contribution in [2.45, 2.75) is 33.3 Å². The van der Waals surface area contributed by atoms with Crippen LogP contribution in [0.25, 0.3) is 0 Å². The second-order valence-corrected chi connectivity index (χ2v) is 5.88. The van der Waals surface area contributed by atoms with E-state index in [9.17, 15) is 9.90 Å². The number of aromatic nitrogens is 2. The molecule has 2 aromatic heterocycles. The molecule has 2 heterocycles. The Balaban J connectivity index is 2.17. The molecule has 7 nitrogen and oxygen atoms in total. The highest BCUT2D eigenvalue weighted by Crippen LogP contribution is 2.27. The third-order valence-electron chi connectivity index (χ3n) is 3.80. The first-order valence-corrected chi connectivity index (χ1v) is 7.33. The summed E-state index contributed by atoms with van der Waals surface area (Å²) in [6.45, 7) is 7.02. The molecule has 23 heavy (non-hydrogen) atoms. The number of carbonyl (C=O) groups excluding carboxylic acids is 1. The van der Waals surface area contributed by atoms with E-state index in [2.05, 4.69) is 10.4 Å². The van der Waals surface area contributed by atoms with Gasteiger partial charge in [0.05, 0.1) is 19.3 Å². The number of ether oxygens (including phenoxy) is 1. The first-order valence-electron chi connectivity index (χ1n) is 7.33. The highest BCUT2D eigenvalue weighted by Gasteiger charge is 2.29. The van der Waals surface area contributed by atoms with Gasteiger partial charge in [0.15, 0.2) is 0 Å². The molecule has 0 radical (unpaired) electrons. The van der Waals surface area contributed by atoms with Gasteiger partial charge in [-0.15, -0.1) is 0 Å². The molecule has 1 amide bonds. The van der Waals surface area contributed by atoms with Gasteiger partial charge in [-0.25, -0.2) is 4.68 Å². The van der Waals surface area contributed by atoms with E-state index in [1.54, 1.807) is 33.9 Å². The summed E-state index contributed by atoms with van der Waals surface area (Å²) in [5, 5.41) is 17.6. The lowest BCUT2D eigenvalue weighted by Crippen LogP contribution is -2.39. The summed E-state index contributed by atoms with van der Waals surface area (Å²) in [5.74, 6) is 1.39. The summed E-state index contributed by atoms with van der Waals surface area (Å²) in [5.41, 5.74) is 0.355. The van der Waals surface area contributed by atoms with E-state index < -0.39 is 5.60 Å². The molecule has 0 bridgehead atoms. The van der Waals surface area contributed by atoms with E-state index >= 15 is 0 Å². The monoisotopic (exact) mass is 321 g/mol. The fraction of sp³-hybridized carbons (Fsp3) is 0.500. The number of hydrogen-bond acceptors (Lipinski definition) is 5. The Morgan fingerprint density at radius 2 is 2.13 bits per heavy atom. The third kappa shape index (κ3) is 3.24. The molecule has 0 aliphatic heterocycles. The van der Waals surface area contributed by atoms with Gasteiger partial charge in [-0.3, -0.25) is 4.79 Å². The van der Waals surface area contributed by atoms with Crippen LogP contribution in [-0.2, 0) is 12.6 Å². The summed E-state index contributed by atoms with van der Waals surface area (Å²) in [6, 6.07) is 1.78. The van der Waals surface area contributed by atoms with Crippen molar-refractivity contribution < 1.29 is 19.1 Å². The first-order chi connectivity index (χ1) is 10.7. The average Bonchev–Trinajstić information content (AvgIpc) is 2.95. The second-order valence-electron chi connectivity index (χ2n) is 5.88. The van der Waals surface area contributed by atoms with Crippen molar-refractivity contribution in [1.29, 1.82) is 0 Å². The second kappa shape index (κ2) is 6.08. The molecule has 2 rings (SSSR count). The van der Waals surface area contributed by atoms with Crippen LogP contribution >= 0.6 is 0 Å². The number of carbonyl (C=O) groups is 1. The van der Waals surface area contributed by atoms with Crippen molar-refractivity contribution >= 4 is 5.91 Å². The molecule has 2 N–H and O–H groups in total. The van der Waals surface area contributed by atoms with Crippen molar-refractivity contribution in [3.8, 4) is 5.88 Å². The normalized spacial score (nSPS) is 13.7. The topological polar surface area (TPSA) is 89.5 Å². The predicted octanol–water partition coefficient (Wildman–Crippen LogP) is 1.58. The van der Waals surface area contributed by atoms with Crippen molar-refractivity contribution in [1.82, 2.24) is 15.1 Å². The molecule has 0 fully saturated rings. The van der Waals surface area contributed by atoms with Crippen LogP contribution < -0.4 is 10.1 Å². The molecule has 0 aliphatic rings. The van der Waals surface area contributed by atoms with E-state index in [1.165, 1.54) is 11.8 Å². The van der Waals surface area contributed by atoms with Gasteiger partial charge in [-0.1, -0.05) is 0 Å². The average molecular weight is 321 g/mol. The molecule has 1 unspecified atom stereocenters. The van der Waals surface area contributed by atoms with Crippen LogP contribution in [0.2, 0.25) is 0 Å². The number of aryl methyl sites for hydroxylation is 4. The molecule has 0 saturated carbocycles. The van der Waals surface area contributed by atoms with Crippen LogP contribution in [0, 0.1) is 20.8 Å². The maximum atomic E-state index is 12.4. The van der Waals surface area contributed by atoms with Gasteiger partial charge < -0.3 is 19.6 Å². The number of methoxy groups -OCH3 is 1. The molecule has 0 saturated heterocycles. The van der Waals surface area contributed by atoms with E-state index in [1.807, 2.05) is 6.92 Å². The molecule has 0 spiro atoms. The van der Waals surface area contributed by atoms with Gasteiger partial charge in [0.1, 0.15) is 22.7 Å². The summed E-state index contributed by atoms with van der Waals surface area (Å²) in [6.07, 6.45) is 0. The Hall–Kier alpha value is -2.28. The number of rotatable bonds is 5. The van der Waals surface area contributed by atoms with Crippen LogP contribution in [0.15, 0.2) is 10.5 Å². The Labute approximate surface area is 135 Å². The van der Waals surface area contributed by atoms with Gasteiger partial charge in [-0.05, 0) is 33.8 Å². The molecular weight excluding hydrogens is 298 g/mol. The summed E-state index contributed by atoms with van der Waals surface area (Å²) in [7, 11) is 3.19. The van der Waals surface area contributed by atoms with E-state index in [0.717, 1.165) is 0 Å². The van der Waals surface area contributed by atoms with Gasteiger partial charge in [-0.2, -0.15) is 5.10 Å². The largest absolute Gasteiger partial charge is 0.481 e. The summed E-state index contributed by atoms with van der Waals surface area (Å²) in [4.78, 5) is 12.4. The van der Waals surface area contributed by atoms with Gasteiger partial charge in [0.25, 0.3) is 5.91 Å². The number of hydrogen-bond donors (Lipinski definition) is 2. The smallest absolute Gasteiger partial charge is 0.258 e. The van der Waals surface area contributed by atoms with E-state index in [4.69, 9.17) is 9.15 Å². The zero-order chi connectivity index (χ0) is 17.4. The van der Waals surface area contributed by atoms with Crippen LogP contribution in [0.4, 0.5) is 0 Å². The Morgan fingerprint density at radius 3 is 2.65 bits per heavy atom. The molecule has 7 heteroatoms. The predicted molar refractivity (Wildman–Crippen MR) is 84.6 cm³/mol. The summed E-state index contributed by atoms with van der Waals surface area (Å²) < 4.78 is 12.2. The van der Waals surface area contributed by atoms with E-state index in [-0.39, 0.29) is 12.5 Å². The number of nitrogens with one attached hydrogen (secondary N) is 1. The Morgan fingerprint density at radius 1 is 1.48 bits per heavy atom. The van der Waals surface area contributed by atoms with Crippen molar-refractivity contribution in [2.24, 2.45) is 7.05 Å². The maximum absolute atomic E-state index is 12.4. The molecule has 0 aromatic carbocycles. The Bertz CT molecular complexity index is 728. The maximum Gasteiger partial charge on any atom is 0.258 e. The Kier molecular flexibility index (Phi) is 4.51. The number of furan rings is 1. The lowest BCUT2D eigenvalue weighted by Gasteiger charge is -2.23. The first kappa shape index (κ1) is 17.1. The van der Waals surface area contributed by atoms with Gasteiger partial charge >= 0.3 is 0 Å². The minimum absolute atomic E-state index is 0.0448. The fourth-order valence-electron chi connectivity index (χ4n) is 2.73. The quantitative estimate of drug-likeness (QED) is 0.873. The zero-order valence-electron chi connectivity index (χ0n) is 14.4. The zero-order valence-corrected chi connectivity index (χ0v) is 14.4. The van der Waals surface area contributed by atoms with Crippen LogP contribution in [0.3, 0.4) is 0 Å². The van der Waals surface area contributed by atoms with Crippen LogP contribution in [0.5, 0.6) is 5.88 Å². The minimum Gasteiger partial charge on any atom is -0.481 e. The molecule has 0 aliphatic carbocycles. The van der Waals surface area contributed by atoms with Crippen molar-refractivity contribution in [3.63, 3.8) is 0 Å². The molecule has 2 aromatic rings. The van der Waals surface area contributed by atoms with Gasteiger partial charge in [0, 0.05) is 12.6 Å². The third-order valence-corrected chi connectivity index (χ3v) is 3.80. The van der Waals surface area contributed by atoms with Gasteiger partial charge in [0.2, 0.25) is 5.88 Å². The fourth-order valence-corrected chi connectivity index (χ4v) is 2.73. The minimum atomic E-state index is -1.24. The molecular formula is C16H23N3O4. The van der Waals surface area contributed by atoms with Crippen molar-refractivity contribution in [3.05, 3.63) is 34.4 Å². The number of amides is 1. The SMILES string of the molecule is COc1c(C(=O)NCC(C)(O)c2cc(C)oc2C)c(C)nn1C. The standard InChI is InChI=1S/C16H23N3O4/c1-9-7-12(11(3)23-9)16(4,21)8-17-14(20)13-10(2)18-19(5)15(13)22-6/h7,21H,8H2,1-6H3,(H,17,20). The number of aliphatic hydroxyl groups is 1. The highest BCUT2D eigenvalue weighted by molar-refractivity contribution is 5.97. The number of nitrogens with zero attached hydrogens (tertiary/aromatic N) is 2. The van der Waals surface area contributed by atoms with E-state index in [0.29, 0.717) is 34.2 Å². The van der Waals surface area contributed by atoms with Crippen LogP contribution in [0.1, 0.15) is 40.1 Å². The highest BCUT2D eigenvalue weighted by atomic mass is 16.5.